The number of rotatable bonds is 9. The summed E-state index contributed by atoms with van der Waals surface area (Å²) in [6.45, 7) is -0.203. The van der Waals surface area contributed by atoms with Crippen molar-refractivity contribution in [3.05, 3.63) is 278 Å². The minimum atomic E-state index is -0.203. The highest BCUT2D eigenvalue weighted by molar-refractivity contribution is 7.02. The first kappa shape index (κ1) is 42.0. The molecule has 11 aromatic carbocycles. The number of anilines is 15. The fourth-order valence-corrected chi connectivity index (χ4v) is 12.1. The minimum absolute atomic E-state index is 0.203. The maximum absolute atomic E-state index is 7.67. The minimum Gasteiger partial charge on any atom is -0.458 e. The number of nitrogens with zero attached hydrogens (tertiary/aromatic N) is 5. The molecule has 0 atom stereocenters. The van der Waals surface area contributed by atoms with Crippen LogP contribution in [0.4, 0.5) is 85.3 Å². The molecule has 0 bridgehead atoms. The van der Waals surface area contributed by atoms with Gasteiger partial charge < -0.3 is 29.2 Å². The van der Waals surface area contributed by atoms with Crippen LogP contribution in [0.3, 0.4) is 0 Å². The van der Waals surface area contributed by atoms with E-state index in [1.807, 2.05) is 0 Å². The number of fused-ring (bicyclic) bond motifs is 2. The fourth-order valence-electron chi connectivity index (χ4n) is 12.1. The molecule has 348 valence electrons. The van der Waals surface area contributed by atoms with E-state index in [1.165, 1.54) is 28.0 Å². The van der Waals surface area contributed by atoms with E-state index >= 15 is 0 Å². The quantitative estimate of drug-likeness (QED) is 0.134. The summed E-state index contributed by atoms with van der Waals surface area (Å²) in [5.41, 5.74) is 22.3. The van der Waals surface area contributed by atoms with Gasteiger partial charge in [-0.15, -0.1) is 0 Å². The monoisotopic (exact) mass is 947 g/mol. The van der Waals surface area contributed by atoms with Crippen molar-refractivity contribution in [2.45, 2.75) is 6.42 Å². The summed E-state index contributed by atoms with van der Waals surface area (Å²) in [5.74, 6) is 1.65. The number of hydrogen-bond donors (Lipinski definition) is 0. The summed E-state index contributed by atoms with van der Waals surface area (Å²) >= 11 is 0. The average Bonchev–Trinajstić information content (AvgIpc) is 3.49. The molecule has 0 N–H and O–H groups in total. The van der Waals surface area contributed by atoms with Crippen molar-refractivity contribution < 1.29 is 4.74 Å². The summed E-state index contributed by atoms with van der Waals surface area (Å²) in [4.78, 5) is 12.2. The van der Waals surface area contributed by atoms with Gasteiger partial charge in [-0.3, -0.25) is 0 Å². The van der Waals surface area contributed by atoms with Crippen molar-refractivity contribution in [3.63, 3.8) is 0 Å². The lowest BCUT2D eigenvalue weighted by molar-refractivity contribution is 0.488. The largest absolute Gasteiger partial charge is 0.458 e. The molecule has 11 aromatic rings. The molecule has 0 aliphatic carbocycles. The molecular weight excluding hydrogens is 902 g/mol. The first-order valence-corrected chi connectivity index (χ1v) is 25.4. The Morgan fingerprint density at radius 1 is 0.297 bits per heavy atom. The SMILES string of the molecule is c1ccc(N(c2ccccc2)c2cc3c4c(c2)N(c2ccccc2)c2ccc(N5c6ccccc6Cc6ccccc65)c5c2B4c2c(cc(N(c4ccccc4)c4ccccc4)cc2N5c2ccccc2)O3)cc1. The zero-order valence-corrected chi connectivity index (χ0v) is 40.3. The highest BCUT2D eigenvalue weighted by Gasteiger charge is 2.51. The van der Waals surface area contributed by atoms with E-state index < -0.39 is 0 Å². The molecular formula is C67H46BN5O. The molecule has 4 aliphatic heterocycles. The van der Waals surface area contributed by atoms with Crippen LogP contribution < -0.4 is 45.6 Å². The molecule has 0 unspecified atom stereocenters. The summed E-state index contributed by atoms with van der Waals surface area (Å²) in [7, 11) is 0. The van der Waals surface area contributed by atoms with Crippen LogP contribution in [-0.2, 0) is 6.42 Å². The second-order valence-corrected chi connectivity index (χ2v) is 19.3. The van der Waals surface area contributed by atoms with Gasteiger partial charge in [0.05, 0.1) is 22.7 Å². The van der Waals surface area contributed by atoms with Crippen LogP contribution in [0, 0.1) is 0 Å². The van der Waals surface area contributed by atoms with Gasteiger partial charge in [-0.05, 0) is 137 Å². The Morgan fingerprint density at radius 3 is 1.14 bits per heavy atom. The van der Waals surface area contributed by atoms with Crippen molar-refractivity contribution in [3.8, 4) is 11.5 Å². The van der Waals surface area contributed by atoms with Crippen molar-refractivity contribution in [1.82, 2.24) is 0 Å². The normalized spacial score (nSPS) is 13.1. The van der Waals surface area contributed by atoms with Crippen LogP contribution in [0.15, 0.2) is 267 Å². The van der Waals surface area contributed by atoms with Crippen LogP contribution in [0.25, 0.3) is 0 Å². The molecule has 74 heavy (non-hydrogen) atoms. The average molecular weight is 948 g/mol. The van der Waals surface area contributed by atoms with E-state index in [9.17, 15) is 0 Å². The highest BCUT2D eigenvalue weighted by Crippen LogP contribution is 2.56. The van der Waals surface area contributed by atoms with E-state index in [-0.39, 0.29) is 6.71 Å². The Balaban J connectivity index is 1.08. The Morgan fingerprint density at radius 2 is 0.676 bits per heavy atom. The smallest absolute Gasteiger partial charge is 0.262 e. The summed E-state index contributed by atoms with van der Waals surface area (Å²) < 4.78 is 7.67. The van der Waals surface area contributed by atoms with Crippen LogP contribution in [0.2, 0.25) is 0 Å². The Labute approximate surface area is 431 Å². The Kier molecular flexibility index (Phi) is 9.63. The van der Waals surface area contributed by atoms with Gasteiger partial charge in [0, 0.05) is 81.1 Å². The summed E-state index contributed by atoms with van der Waals surface area (Å²) in [6, 6.07) is 96.5. The number of para-hydroxylation sites is 8. The molecule has 15 rings (SSSR count). The van der Waals surface area contributed by atoms with Gasteiger partial charge >= 0.3 is 0 Å². The lowest BCUT2D eigenvalue weighted by Gasteiger charge is -2.48. The zero-order chi connectivity index (χ0) is 48.7. The predicted molar refractivity (Wildman–Crippen MR) is 307 cm³/mol. The van der Waals surface area contributed by atoms with E-state index in [0.29, 0.717) is 0 Å². The third-order valence-electron chi connectivity index (χ3n) is 15.1. The van der Waals surface area contributed by atoms with Crippen LogP contribution >= 0.6 is 0 Å². The number of ether oxygens (including phenoxy) is 1. The predicted octanol–water partition coefficient (Wildman–Crippen LogP) is 16.2. The van der Waals surface area contributed by atoms with Crippen molar-refractivity contribution in [2.24, 2.45) is 0 Å². The molecule has 4 heterocycles. The van der Waals surface area contributed by atoms with E-state index in [1.54, 1.807) is 0 Å². The van der Waals surface area contributed by atoms with Gasteiger partial charge in [-0.2, -0.15) is 0 Å². The molecule has 7 heteroatoms. The Hall–Kier alpha value is -9.72. The van der Waals surface area contributed by atoms with E-state index in [0.717, 1.165) is 103 Å². The van der Waals surface area contributed by atoms with Crippen LogP contribution in [0.5, 0.6) is 11.5 Å². The maximum atomic E-state index is 7.67. The summed E-state index contributed by atoms with van der Waals surface area (Å²) in [6.07, 6.45) is 0.861. The van der Waals surface area contributed by atoms with Gasteiger partial charge in [0.25, 0.3) is 6.71 Å². The second-order valence-electron chi connectivity index (χ2n) is 19.3. The van der Waals surface area contributed by atoms with Gasteiger partial charge in [0.15, 0.2) is 0 Å². The molecule has 0 radical (unpaired) electrons. The lowest BCUT2D eigenvalue weighted by atomic mass is 9.32. The van der Waals surface area contributed by atoms with Crippen molar-refractivity contribution >= 4 is 108 Å². The molecule has 0 aromatic heterocycles. The first-order chi connectivity index (χ1) is 36.7. The molecule has 0 fully saturated rings. The van der Waals surface area contributed by atoms with Gasteiger partial charge in [-0.1, -0.05) is 146 Å². The van der Waals surface area contributed by atoms with Crippen molar-refractivity contribution in [2.75, 3.05) is 24.5 Å². The molecule has 0 saturated heterocycles. The van der Waals surface area contributed by atoms with Gasteiger partial charge in [0.2, 0.25) is 0 Å². The topological polar surface area (TPSA) is 25.4 Å². The third-order valence-corrected chi connectivity index (χ3v) is 15.1. The number of benzene rings is 11. The zero-order valence-electron chi connectivity index (χ0n) is 40.3. The van der Waals surface area contributed by atoms with Crippen LogP contribution in [-0.4, -0.2) is 6.71 Å². The fraction of sp³-hybridized carbons (Fsp3) is 0.0149. The van der Waals surface area contributed by atoms with Gasteiger partial charge in [0.1, 0.15) is 11.5 Å². The number of hydrogen-bond acceptors (Lipinski definition) is 6. The van der Waals surface area contributed by atoms with E-state index in [4.69, 9.17) is 4.74 Å². The third kappa shape index (κ3) is 6.53. The van der Waals surface area contributed by atoms with Crippen molar-refractivity contribution in [1.29, 1.82) is 0 Å². The molecule has 6 nitrogen and oxygen atoms in total. The lowest BCUT2D eigenvalue weighted by Crippen LogP contribution is -2.63. The highest BCUT2D eigenvalue weighted by atomic mass is 16.5. The molecule has 4 aliphatic rings. The Bertz CT molecular complexity index is 3790. The second kappa shape index (κ2) is 17.0. The molecule has 0 amide bonds. The maximum Gasteiger partial charge on any atom is 0.262 e. The van der Waals surface area contributed by atoms with E-state index in [2.05, 4.69) is 291 Å². The molecule has 0 saturated carbocycles. The van der Waals surface area contributed by atoms with Crippen LogP contribution in [0.1, 0.15) is 11.1 Å². The standard InChI is InChI=1S/C67H46BN5O/c1-7-25-48(26-8-1)69(49-27-9-2-10-28-49)54-42-60-64-62(44-54)74-63-45-55(70(50-29-11-3-12-30-50)51-31-13-4-14-32-51)43-61-65(63)68(64)66-58(71(60)52-33-15-5-16-34-52)39-40-59(67(66)72(61)53-35-17-6-18-36-53)73-56-37-21-19-23-46(56)41-47-24-20-22-38-57(47)73/h1-40,42-45H,41H2. The van der Waals surface area contributed by atoms with Gasteiger partial charge in [-0.25, -0.2) is 0 Å². The first-order valence-electron chi connectivity index (χ1n) is 25.4. The summed E-state index contributed by atoms with van der Waals surface area (Å²) in [5, 5.41) is 0. The molecule has 0 spiro atoms.